The number of hydrogen-bond acceptors (Lipinski definition) is 9. The highest BCUT2D eigenvalue weighted by Crippen LogP contribution is 2.47. The summed E-state index contributed by atoms with van der Waals surface area (Å²) in [4.78, 5) is 42.3. The number of rotatable bonds is 9. The fourth-order valence-corrected chi connectivity index (χ4v) is 7.85. The molecule has 3 aromatic rings. The average molecular weight is 774 g/mol. The van der Waals surface area contributed by atoms with Crippen LogP contribution in [0.5, 0.6) is 0 Å². The predicted molar refractivity (Wildman–Crippen MR) is 218 cm³/mol. The Morgan fingerprint density at radius 1 is 1.06 bits per heavy atom. The molecule has 1 unspecified atom stereocenters. The summed E-state index contributed by atoms with van der Waals surface area (Å²) in [5.74, 6) is 0.369. The number of piperazine rings is 1. The highest BCUT2D eigenvalue weighted by atomic mass is 35.5. The Balaban J connectivity index is 1.47. The van der Waals surface area contributed by atoms with Crippen LogP contribution in [0, 0.1) is 11.3 Å². The number of anilines is 3. The highest BCUT2D eigenvalue weighted by Gasteiger charge is 2.47. The van der Waals surface area contributed by atoms with Gasteiger partial charge in [0.1, 0.15) is 11.7 Å². The van der Waals surface area contributed by atoms with Gasteiger partial charge in [0, 0.05) is 73.3 Å². The van der Waals surface area contributed by atoms with Crippen molar-refractivity contribution in [1.82, 2.24) is 19.8 Å². The summed E-state index contributed by atoms with van der Waals surface area (Å²) in [6.07, 6.45) is 1.35. The van der Waals surface area contributed by atoms with E-state index in [1.165, 1.54) is 0 Å². The van der Waals surface area contributed by atoms with Crippen LogP contribution >= 0.6 is 11.6 Å². The number of benzene rings is 2. The number of nitrogens with one attached hydrogen (secondary N) is 1. The fourth-order valence-electron chi connectivity index (χ4n) is 6.57. The maximum Gasteiger partial charge on any atom is 0.414 e. The molecule has 2 aliphatic rings. The SMILES string of the molecule is CC(C)N1CCN(C(=O)Cc2ccc(Cl)cc2Nc2nccc(-c3cc(C#N)c4c(c3)C(C)(CO[Si](C)(C)C(C)(C)C)CN4C(=O)OC(C)(C)C)n2)CC1. The molecule has 13 heteroatoms. The second-order valence-corrected chi connectivity index (χ2v) is 22.8. The molecule has 1 saturated heterocycles. The Labute approximate surface area is 327 Å². The highest BCUT2D eigenvalue weighted by molar-refractivity contribution is 6.74. The van der Waals surface area contributed by atoms with E-state index in [1.54, 1.807) is 35.4 Å². The predicted octanol–water partition coefficient (Wildman–Crippen LogP) is 8.54. The third-order valence-electron chi connectivity index (χ3n) is 10.8. The topological polar surface area (TPSA) is 124 Å². The molecular formula is C41H56ClN7O4Si. The molecule has 0 spiro atoms. The molecule has 1 aromatic heterocycles. The van der Waals surface area contributed by atoms with Crippen molar-refractivity contribution in [3.63, 3.8) is 0 Å². The Morgan fingerprint density at radius 2 is 1.74 bits per heavy atom. The van der Waals surface area contributed by atoms with E-state index < -0.39 is 25.4 Å². The molecule has 11 nitrogen and oxygen atoms in total. The number of carbonyl (C=O) groups is 2. The largest absolute Gasteiger partial charge is 0.443 e. The van der Waals surface area contributed by atoms with Gasteiger partial charge in [0.25, 0.3) is 0 Å². The van der Waals surface area contributed by atoms with Crippen LogP contribution in [0.3, 0.4) is 0 Å². The molecule has 290 valence electrons. The number of nitrogens with zero attached hydrogens (tertiary/aromatic N) is 6. The molecule has 2 aliphatic heterocycles. The van der Waals surface area contributed by atoms with Crippen LogP contribution in [0.4, 0.5) is 22.1 Å². The van der Waals surface area contributed by atoms with Gasteiger partial charge in [-0.3, -0.25) is 14.6 Å². The first-order valence-electron chi connectivity index (χ1n) is 18.7. The van der Waals surface area contributed by atoms with E-state index in [2.05, 4.69) is 75.9 Å². The summed E-state index contributed by atoms with van der Waals surface area (Å²) in [5, 5.41) is 14.3. The minimum absolute atomic E-state index is 0.0151. The van der Waals surface area contributed by atoms with Crippen molar-refractivity contribution in [2.75, 3.05) is 49.5 Å². The summed E-state index contributed by atoms with van der Waals surface area (Å²) in [5.41, 5.74) is 3.04. The van der Waals surface area contributed by atoms with Crippen LogP contribution in [-0.2, 0) is 25.8 Å². The van der Waals surface area contributed by atoms with Crippen LogP contribution in [-0.4, -0.2) is 91.1 Å². The smallest absolute Gasteiger partial charge is 0.414 e. The van der Waals surface area contributed by atoms with Crippen molar-refractivity contribution >= 4 is 49.2 Å². The number of hydrogen-bond donors (Lipinski definition) is 1. The Kier molecular flexibility index (Phi) is 11.9. The van der Waals surface area contributed by atoms with E-state index >= 15 is 0 Å². The van der Waals surface area contributed by atoms with Crippen LogP contribution in [0.25, 0.3) is 11.3 Å². The maximum atomic E-state index is 13.7. The first kappa shape index (κ1) is 41.1. The number of carbonyl (C=O) groups excluding carboxylic acids is 2. The zero-order chi connectivity index (χ0) is 39.8. The maximum absolute atomic E-state index is 13.7. The summed E-state index contributed by atoms with van der Waals surface area (Å²) < 4.78 is 12.6. The zero-order valence-electron chi connectivity index (χ0n) is 33.8. The van der Waals surface area contributed by atoms with Gasteiger partial charge in [-0.25, -0.2) is 14.8 Å². The average Bonchev–Trinajstić information content (AvgIpc) is 3.40. The molecule has 0 bridgehead atoms. The van der Waals surface area contributed by atoms with Crippen molar-refractivity contribution in [1.29, 1.82) is 5.26 Å². The minimum Gasteiger partial charge on any atom is -0.443 e. The van der Waals surface area contributed by atoms with Gasteiger partial charge in [-0.05, 0) is 94.2 Å². The first-order valence-corrected chi connectivity index (χ1v) is 22.0. The van der Waals surface area contributed by atoms with Gasteiger partial charge in [-0.2, -0.15) is 5.26 Å². The second-order valence-electron chi connectivity index (χ2n) is 17.6. The molecule has 1 fully saturated rings. The minimum atomic E-state index is -2.17. The van der Waals surface area contributed by atoms with E-state index in [9.17, 15) is 14.9 Å². The fraction of sp³-hybridized carbons (Fsp3) is 0.537. The Hall–Kier alpha value is -4.02. The van der Waals surface area contributed by atoms with Crippen molar-refractivity contribution in [3.05, 3.63) is 64.3 Å². The molecule has 54 heavy (non-hydrogen) atoms. The molecule has 1 N–H and O–H groups in total. The van der Waals surface area contributed by atoms with Crippen molar-refractivity contribution in [3.8, 4) is 17.3 Å². The zero-order valence-corrected chi connectivity index (χ0v) is 35.5. The summed E-state index contributed by atoms with van der Waals surface area (Å²) >= 11 is 6.45. The van der Waals surface area contributed by atoms with E-state index in [0.29, 0.717) is 71.4 Å². The number of ether oxygens (including phenoxy) is 1. The van der Waals surface area contributed by atoms with E-state index in [1.807, 2.05) is 37.8 Å². The second kappa shape index (κ2) is 15.6. The van der Waals surface area contributed by atoms with Gasteiger partial charge in [0.15, 0.2) is 8.32 Å². The molecule has 5 rings (SSSR count). The summed E-state index contributed by atoms with van der Waals surface area (Å²) in [7, 11) is -2.17. The van der Waals surface area contributed by atoms with Gasteiger partial charge in [-0.1, -0.05) is 45.4 Å². The number of amides is 2. The number of nitriles is 1. The van der Waals surface area contributed by atoms with Crippen LogP contribution in [0.2, 0.25) is 23.2 Å². The van der Waals surface area contributed by atoms with Crippen LogP contribution in [0.15, 0.2) is 42.6 Å². The van der Waals surface area contributed by atoms with Gasteiger partial charge < -0.3 is 19.4 Å². The number of fused-ring (bicyclic) bond motifs is 1. The van der Waals surface area contributed by atoms with Crippen molar-refractivity contribution < 1.29 is 18.8 Å². The van der Waals surface area contributed by atoms with Crippen molar-refractivity contribution in [2.45, 2.75) is 104 Å². The molecule has 0 saturated carbocycles. The van der Waals surface area contributed by atoms with Gasteiger partial charge >= 0.3 is 6.09 Å². The number of halogens is 1. The lowest BCUT2D eigenvalue weighted by Crippen LogP contribution is -2.51. The number of aromatic nitrogens is 2. The molecule has 2 aromatic carbocycles. The molecule has 1 atom stereocenters. The standard InChI is InChI=1S/C41H56ClN7O4Si/c1-27(2)47-16-18-48(19-17-47)35(50)22-28-12-13-31(42)23-34(28)46-37-44-15-14-33(45-37)29-20-30(24-43)36-32(21-29)41(9,26-52-54(10,11)40(6,7)8)25-49(36)38(51)53-39(3,4)5/h12-15,20-21,23,27H,16-19,22,25-26H2,1-11H3,(H,44,45,46). The van der Waals surface area contributed by atoms with Crippen LogP contribution < -0.4 is 10.2 Å². The monoisotopic (exact) mass is 773 g/mol. The lowest BCUT2D eigenvalue weighted by molar-refractivity contribution is -0.132. The normalized spacial score (nSPS) is 18.1. The van der Waals surface area contributed by atoms with Crippen molar-refractivity contribution in [2.24, 2.45) is 0 Å². The first-order chi connectivity index (χ1) is 25.1. The quantitative estimate of drug-likeness (QED) is 0.213. The van der Waals surface area contributed by atoms with Gasteiger partial charge in [0.05, 0.1) is 23.4 Å². The lowest BCUT2D eigenvalue weighted by atomic mass is 9.83. The molecular weight excluding hydrogens is 718 g/mol. The molecule has 3 heterocycles. The van der Waals surface area contributed by atoms with E-state index in [4.69, 9.17) is 25.7 Å². The summed E-state index contributed by atoms with van der Waals surface area (Å²) in [6.45, 7) is 26.7. The van der Waals surface area contributed by atoms with E-state index in [-0.39, 0.29) is 17.4 Å². The van der Waals surface area contributed by atoms with Gasteiger partial charge in [-0.15, -0.1) is 0 Å². The third-order valence-corrected chi connectivity index (χ3v) is 15.6. The summed E-state index contributed by atoms with van der Waals surface area (Å²) in [6, 6.07) is 13.8. The van der Waals surface area contributed by atoms with Gasteiger partial charge in [0.2, 0.25) is 11.9 Å². The Morgan fingerprint density at radius 3 is 2.35 bits per heavy atom. The Bertz CT molecular complexity index is 1930. The molecule has 2 amide bonds. The third kappa shape index (κ3) is 9.25. The van der Waals surface area contributed by atoms with E-state index in [0.717, 1.165) is 24.2 Å². The van der Waals surface area contributed by atoms with Crippen LogP contribution in [0.1, 0.15) is 79.0 Å². The molecule has 0 aliphatic carbocycles. The molecule has 0 radical (unpaired) electrons. The lowest BCUT2D eigenvalue weighted by Gasteiger charge is -2.39.